The molecule has 1 aliphatic heterocycles. The van der Waals surface area contributed by atoms with Crippen molar-refractivity contribution in [1.82, 2.24) is 20.0 Å². The van der Waals surface area contributed by atoms with E-state index in [-0.39, 0.29) is 23.5 Å². The third-order valence-corrected chi connectivity index (χ3v) is 4.96. The molecule has 2 amide bonds. The van der Waals surface area contributed by atoms with Crippen molar-refractivity contribution < 1.29 is 23.1 Å². The van der Waals surface area contributed by atoms with E-state index in [4.69, 9.17) is 0 Å². The number of aliphatic hydroxyl groups is 1. The highest BCUT2D eigenvalue weighted by molar-refractivity contribution is 5.75. The Balaban J connectivity index is 1.68. The van der Waals surface area contributed by atoms with Gasteiger partial charge >= 0.3 is 12.2 Å². The largest absolute Gasteiger partial charge is 0.413 e. The van der Waals surface area contributed by atoms with Gasteiger partial charge in [-0.25, -0.2) is 4.79 Å². The van der Waals surface area contributed by atoms with Crippen LogP contribution in [0.4, 0.5) is 18.0 Å². The molecule has 1 aromatic rings. The van der Waals surface area contributed by atoms with Gasteiger partial charge in [-0.15, -0.1) is 0 Å². The first kappa shape index (κ1) is 17.1. The summed E-state index contributed by atoms with van der Waals surface area (Å²) in [6, 6.07) is -2.79. The summed E-state index contributed by atoms with van der Waals surface area (Å²) in [5.74, 6) is 0.434. The van der Waals surface area contributed by atoms with E-state index >= 15 is 0 Å². The Bertz CT molecular complexity index is 604. The van der Waals surface area contributed by atoms with Gasteiger partial charge in [0, 0.05) is 31.9 Å². The zero-order valence-electron chi connectivity index (χ0n) is 13.3. The molecule has 0 spiro atoms. The van der Waals surface area contributed by atoms with Gasteiger partial charge in [-0.3, -0.25) is 4.68 Å². The SMILES string of the molecule is Cn1cc(C(NC(=O)N2CC3CCC(O)CC3C2)C(F)(F)F)cn1. The van der Waals surface area contributed by atoms with Gasteiger partial charge in [0.1, 0.15) is 0 Å². The van der Waals surface area contributed by atoms with Crippen LogP contribution >= 0.6 is 0 Å². The van der Waals surface area contributed by atoms with E-state index in [1.165, 1.54) is 22.8 Å². The quantitative estimate of drug-likeness (QED) is 0.858. The number of aromatic nitrogens is 2. The second-order valence-electron chi connectivity index (χ2n) is 6.76. The number of aliphatic hydroxyl groups excluding tert-OH is 1. The Labute approximate surface area is 137 Å². The molecule has 2 fully saturated rings. The Morgan fingerprint density at radius 2 is 2.08 bits per heavy atom. The maximum Gasteiger partial charge on any atom is 0.413 e. The van der Waals surface area contributed by atoms with Gasteiger partial charge < -0.3 is 15.3 Å². The first-order chi connectivity index (χ1) is 11.2. The number of hydrogen-bond acceptors (Lipinski definition) is 3. The molecule has 9 heteroatoms. The van der Waals surface area contributed by atoms with E-state index in [0.29, 0.717) is 25.9 Å². The van der Waals surface area contributed by atoms with E-state index in [0.717, 1.165) is 12.6 Å². The maximum absolute atomic E-state index is 13.3. The molecule has 1 aliphatic carbocycles. The summed E-state index contributed by atoms with van der Waals surface area (Å²) in [5.41, 5.74) is -0.0922. The minimum atomic E-state index is -4.60. The summed E-state index contributed by atoms with van der Waals surface area (Å²) >= 11 is 0. The second-order valence-corrected chi connectivity index (χ2v) is 6.76. The molecule has 0 aromatic carbocycles. The van der Waals surface area contributed by atoms with Crippen LogP contribution in [-0.2, 0) is 7.05 Å². The van der Waals surface area contributed by atoms with Gasteiger partial charge in [0.15, 0.2) is 6.04 Å². The second kappa shape index (κ2) is 6.27. The lowest BCUT2D eigenvalue weighted by Gasteiger charge is -2.27. The molecular weight excluding hydrogens is 325 g/mol. The summed E-state index contributed by atoms with van der Waals surface area (Å²) in [7, 11) is 1.52. The van der Waals surface area contributed by atoms with Crippen molar-refractivity contribution in [2.75, 3.05) is 13.1 Å². The molecule has 4 unspecified atom stereocenters. The van der Waals surface area contributed by atoms with Crippen LogP contribution in [0.1, 0.15) is 30.9 Å². The van der Waals surface area contributed by atoms with Crippen LogP contribution in [-0.4, -0.2) is 51.2 Å². The molecule has 1 saturated heterocycles. The van der Waals surface area contributed by atoms with E-state index < -0.39 is 18.2 Å². The topological polar surface area (TPSA) is 70.4 Å². The zero-order valence-corrected chi connectivity index (χ0v) is 13.3. The standard InChI is InChI=1S/C15H21F3N4O2/c1-21-6-11(5-19-21)13(15(16,17)18)20-14(24)22-7-9-2-3-12(23)4-10(9)8-22/h5-6,9-10,12-13,23H,2-4,7-8H2,1H3,(H,20,24). The van der Waals surface area contributed by atoms with Crippen LogP contribution in [0.5, 0.6) is 0 Å². The Morgan fingerprint density at radius 1 is 1.38 bits per heavy atom. The Hall–Kier alpha value is -1.77. The van der Waals surface area contributed by atoms with Gasteiger partial charge in [0.2, 0.25) is 0 Å². The lowest BCUT2D eigenvalue weighted by atomic mass is 9.80. The number of nitrogens with zero attached hydrogens (tertiary/aromatic N) is 3. The predicted molar refractivity (Wildman–Crippen MR) is 78.9 cm³/mol. The smallest absolute Gasteiger partial charge is 0.393 e. The molecule has 0 bridgehead atoms. The molecule has 2 heterocycles. The van der Waals surface area contributed by atoms with Gasteiger partial charge in [-0.05, 0) is 31.1 Å². The van der Waals surface area contributed by atoms with Crippen LogP contribution in [0.15, 0.2) is 12.4 Å². The zero-order chi connectivity index (χ0) is 17.5. The van der Waals surface area contributed by atoms with Crippen LogP contribution in [0.2, 0.25) is 0 Å². The van der Waals surface area contributed by atoms with Crippen molar-refractivity contribution in [3.05, 3.63) is 18.0 Å². The number of carbonyl (C=O) groups is 1. The molecule has 3 rings (SSSR count). The summed E-state index contributed by atoms with van der Waals surface area (Å²) in [6.45, 7) is 0.839. The van der Waals surface area contributed by atoms with Gasteiger partial charge in [-0.1, -0.05) is 0 Å². The summed E-state index contributed by atoms with van der Waals surface area (Å²) in [4.78, 5) is 13.8. The number of amides is 2. The molecule has 4 atom stereocenters. The minimum Gasteiger partial charge on any atom is -0.393 e. The highest BCUT2D eigenvalue weighted by atomic mass is 19.4. The number of alkyl halides is 3. The normalized spacial score (nSPS) is 28.5. The summed E-state index contributed by atoms with van der Waals surface area (Å²) in [5, 5.41) is 15.5. The fraction of sp³-hybridized carbons (Fsp3) is 0.733. The molecule has 1 aromatic heterocycles. The summed E-state index contributed by atoms with van der Waals surface area (Å²) < 4.78 is 41.2. The lowest BCUT2D eigenvalue weighted by molar-refractivity contribution is -0.155. The van der Waals surface area contributed by atoms with E-state index in [1.54, 1.807) is 0 Å². The van der Waals surface area contributed by atoms with Crippen molar-refractivity contribution in [3.63, 3.8) is 0 Å². The fourth-order valence-corrected chi connectivity index (χ4v) is 3.73. The molecule has 24 heavy (non-hydrogen) atoms. The third kappa shape index (κ3) is 3.50. The monoisotopic (exact) mass is 346 g/mol. The molecular formula is C15H21F3N4O2. The number of halogens is 3. The van der Waals surface area contributed by atoms with Crippen molar-refractivity contribution in [1.29, 1.82) is 0 Å². The molecule has 2 aliphatic rings. The molecule has 1 saturated carbocycles. The highest BCUT2D eigenvalue weighted by Crippen LogP contribution is 2.37. The first-order valence-electron chi connectivity index (χ1n) is 8.03. The third-order valence-electron chi connectivity index (χ3n) is 4.96. The van der Waals surface area contributed by atoms with E-state index in [1.807, 2.05) is 0 Å². The van der Waals surface area contributed by atoms with E-state index in [9.17, 15) is 23.1 Å². The van der Waals surface area contributed by atoms with Crippen LogP contribution in [0.25, 0.3) is 0 Å². The number of carbonyl (C=O) groups excluding carboxylic acids is 1. The lowest BCUT2D eigenvalue weighted by Crippen LogP contribution is -2.45. The predicted octanol–water partition coefficient (Wildman–Crippen LogP) is 1.83. The minimum absolute atomic E-state index is 0.0922. The van der Waals surface area contributed by atoms with Crippen molar-refractivity contribution >= 4 is 6.03 Å². The average Bonchev–Trinajstić information content (AvgIpc) is 3.08. The van der Waals surface area contributed by atoms with Gasteiger partial charge in [-0.2, -0.15) is 18.3 Å². The molecule has 0 radical (unpaired) electrons. The summed E-state index contributed by atoms with van der Waals surface area (Å²) in [6.07, 6.45) is -0.496. The van der Waals surface area contributed by atoms with Gasteiger partial charge in [0.25, 0.3) is 0 Å². The van der Waals surface area contributed by atoms with Gasteiger partial charge in [0.05, 0.1) is 12.3 Å². The maximum atomic E-state index is 13.3. The Morgan fingerprint density at radius 3 is 2.71 bits per heavy atom. The van der Waals surface area contributed by atoms with Crippen molar-refractivity contribution in [2.45, 2.75) is 37.6 Å². The first-order valence-corrected chi connectivity index (χ1v) is 8.03. The number of aryl methyl sites for hydroxylation is 1. The Kier molecular flexibility index (Phi) is 4.46. The van der Waals surface area contributed by atoms with Crippen molar-refractivity contribution in [2.24, 2.45) is 18.9 Å². The van der Waals surface area contributed by atoms with Crippen molar-refractivity contribution in [3.8, 4) is 0 Å². The number of urea groups is 1. The number of fused-ring (bicyclic) bond motifs is 1. The number of nitrogens with one attached hydrogen (secondary N) is 1. The van der Waals surface area contributed by atoms with Crippen LogP contribution in [0.3, 0.4) is 0 Å². The molecule has 134 valence electrons. The number of hydrogen-bond donors (Lipinski definition) is 2. The molecule has 2 N–H and O–H groups in total. The molecule has 6 nitrogen and oxygen atoms in total. The number of rotatable bonds is 2. The average molecular weight is 346 g/mol. The highest BCUT2D eigenvalue weighted by Gasteiger charge is 2.45. The number of likely N-dealkylation sites (tertiary alicyclic amines) is 1. The fourth-order valence-electron chi connectivity index (χ4n) is 3.73. The van der Waals surface area contributed by atoms with Crippen LogP contribution < -0.4 is 5.32 Å². The van der Waals surface area contributed by atoms with Crippen LogP contribution in [0, 0.1) is 11.8 Å². The van der Waals surface area contributed by atoms with E-state index in [2.05, 4.69) is 10.4 Å².